The summed E-state index contributed by atoms with van der Waals surface area (Å²) in [4.78, 5) is 34.6. The zero-order valence-corrected chi connectivity index (χ0v) is 17.2. The molecule has 5 N–H and O–H groups in total. The highest BCUT2D eigenvalue weighted by molar-refractivity contribution is 5.97. The molecule has 2 atom stereocenters. The molecule has 1 aromatic rings. The number of aliphatic hydroxyl groups is 1. The highest BCUT2D eigenvalue weighted by Crippen LogP contribution is 2.25. The predicted molar refractivity (Wildman–Crippen MR) is 110 cm³/mol. The van der Waals surface area contributed by atoms with E-state index in [1.165, 1.54) is 6.20 Å². The van der Waals surface area contributed by atoms with Crippen molar-refractivity contribution in [3.63, 3.8) is 0 Å². The van der Waals surface area contributed by atoms with Gasteiger partial charge in [0.05, 0.1) is 11.7 Å². The van der Waals surface area contributed by atoms with Crippen molar-refractivity contribution in [3.05, 3.63) is 11.8 Å². The standard InChI is InChI=1S/C20H32N6O3/c1-12(2)9-17(28)26-7-5-13(6-8-26)24-20-22-11-16(18(21)29)19(25-20)23-14-3-4-15(27)10-14/h11-15,27H,3-10H2,1-2H3,(H2,21,29)(H2,22,23,24,25)/t14-,15+/m0/s1. The van der Waals surface area contributed by atoms with E-state index in [4.69, 9.17) is 5.73 Å². The van der Waals surface area contributed by atoms with Crippen LogP contribution in [0.2, 0.25) is 0 Å². The molecule has 2 amide bonds. The van der Waals surface area contributed by atoms with E-state index in [2.05, 4.69) is 34.4 Å². The molecule has 1 aromatic heterocycles. The van der Waals surface area contributed by atoms with Crippen molar-refractivity contribution in [2.75, 3.05) is 23.7 Å². The first-order valence-corrected chi connectivity index (χ1v) is 10.5. The molecule has 160 valence electrons. The molecule has 9 heteroatoms. The van der Waals surface area contributed by atoms with Crippen LogP contribution in [0.1, 0.15) is 62.7 Å². The van der Waals surface area contributed by atoms with Crippen LogP contribution in [0, 0.1) is 5.92 Å². The van der Waals surface area contributed by atoms with Gasteiger partial charge in [-0.05, 0) is 38.0 Å². The fourth-order valence-electron chi connectivity index (χ4n) is 3.96. The number of hydrogen-bond donors (Lipinski definition) is 4. The molecule has 2 aliphatic rings. The van der Waals surface area contributed by atoms with E-state index in [1.807, 2.05) is 4.90 Å². The van der Waals surface area contributed by atoms with Gasteiger partial charge in [0.2, 0.25) is 11.9 Å². The van der Waals surface area contributed by atoms with Gasteiger partial charge in [0.1, 0.15) is 5.82 Å². The van der Waals surface area contributed by atoms with Crippen molar-refractivity contribution in [2.24, 2.45) is 11.7 Å². The maximum absolute atomic E-state index is 12.2. The van der Waals surface area contributed by atoms with E-state index >= 15 is 0 Å². The van der Waals surface area contributed by atoms with Crippen LogP contribution in [0.3, 0.4) is 0 Å². The second-order valence-electron chi connectivity index (χ2n) is 8.53. The Bertz CT molecular complexity index is 733. The molecule has 0 bridgehead atoms. The van der Waals surface area contributed by atoms with Gasteiger partial charge in [-0.2, -0.15) is 4.98 Å². The van der Waals surface area contributed by atoms with Gasteiger partial charge in [-0.15, -0.1) is 0 Å². The van der Waals surface area contributed by atoms with Crippen LogP contribution in [-0.2, 0) is 4.79 Å². The number of anilines is 2. The van der Waals surface area contributed by atoms with Gasteiger partial charge in [-0.1, -0.05) is 13.8 Å². The number of carbonyl (C=O) groups is 2. The number of aliphatic hydroxyl groups excluding tert-OH is 1. The van der Waals surface area contributed by atoms with Gasteiger partial charge in [0.25, 0.3) is 5.91 Å². The highest BCUT2D eigenvalue weighted by Gasteiger charge is 2.26. The van der Waals surface area contributed by atoms with E-state index in [1.54, 1.807) is 0 Å². The van der Waals surface area contributed by atoms with Gasteiger partial charge in [0.15, 0.2) is 0 Å². The normalized spacial score (nSPS) is 22.7. The average Bonchev–Trinajstić information content (AvgIpc) is 3.06. The summed E-state index contributed by atoms with van der Waals surface area (Å²) in [5, 5.41) is 16.3. The Balaban J connectivity index is 1.60. The van der Waals surface area contributed by atoms with E-state index in [0.717, 1.165) is 25.7 Å². The summed E-state index contributed by atoms with van der Waals surface area (Å²) in [5.74, 6) is 0.824. The van der Waals surface area contributed by atoms with Gasteiger partial charge in [0, 0.05) is 37.8 Å². The van der Waals surface area contributed by atoms with Gasteiger partial charge in [-0.25, -0.2) is 4.98 Å². The van der Waals surface area contributed by atoms with Crippen molar-refractivity contribution >= 4 is 23.6 Å². The number of hydrogen-bond acceptors (Lipinski definition) is 7. The Hall–Kier alpha value is -2.42. The lowest BCUT2D eigenvalue weighted by molar-refractivity contribution is -0.132. The number of aromatic nitrogens is 2. The molecular formula is C20H32N6O3. The molecule has 2 heterocycles. The smallest absolute Gasteiger partial charge is 0.254 e. The molecule has 3 rings (SSSR count). The monoisotopic (exact) mass is 404 g/mol. The van der Waals surface area contributed by atoms with Crippen LogP contribution < -0.4 is 16.4 Å². The number of amides is 2. The van der Waals surface area contributed by atoms with E-state index in [0.29, 0.717) is 43.6 Å². The number of rotatable bonds is 7. The van der Waals surface area contributed by atoms with Crippen LogP contribution in [0.5, 0.6) is 0 Å². The Labute approximate surface area is 171 Å². The first-order chi connectivity index (χ1) is 13.8. The minimum absolute atomic E-state index is 0.0565. The van der Waals surface area contributed by atoms with Crippen molar-refractivity contribution in [2.45, 2.75) is 70.6 Å². The maximum Gasteiger partial charge on any atom is 0.254 e. The number of nitrogens with two attached hydrogens (primary N) is 1. The Kier molecular flexibility index (Phi) is 6.89. The summed E-state index contributed by atoms with van der Waals surface area (Å²) < 4.78 is 0. The number of nitrogens with zero attached hydrogens (tertiary/aromatic N) is 3. The molecule has 2 fully saturated rings. The van der Waals surface area contributed by atoms with Gasteiger partial charge in [-0.3, -0.25) is 9.59 Å². The summed E-state index contributed by atoms with van der Waals surface area (Å²) in [6, 6.07) is 0.222. The zero-order valence-electron chi connectivity index (χ0n) is 17.2. The van der Waals surface area contributed by atoms with Crippen LogP contribution in [-0.4, -0.2) is 63.1 Å². The number of piperidine rings is 1. The lowest BCUT2D eigenvalue weighted by Crippen LogP contribution is -2.42. The van der Waals surface area contributed by atoms with Crippen LogP contribution in [0.25, 0.3) is 0 Å². The third-order valence-corrected chi connectivity index (χ3v) is 5.56. The summed E-state index contributed by atoms with van der Waals surface area (Å²) in [5.41, 5.74) is 5.70. The summed E-state index contributed by atoms with van der Waals surface area (Å²) >= 11 is 0. The van der Waals surface area contributed by atoms with Crippen molar-refractivity contribution in [1.29, 1.82) is 0 Å². The lowest BCUT2D eigenvalue weighted by atomic mass is 10.0. The largest absolute Gasteiger partial charge is 0.393 e. The first-order valence-electron chi connectivity index (χ1n) is 10.5. The molecule has 1 saturated carbocycles. The van der Waals surface area contributed by atoms with Crippen molar-refractivity contribution < 1.29 is 14.7 Å². The maximum atomic E-state index is 12.2. The third-order valence-electron chi connectivity index (χ3n) is 5.56. The SMILES string of the molecule is CC(C)CC(=O)N1CCC(Nc2ncc(C(N)=O)c(N[C@H]3CC[C@@H](O)C3)n2)CC1. The molecule has 29 heavy (non-hydrogen) atoms. The molecule has 1 saturated heterocycles. The fourth-order valence-corrected chi connectivity index (χ4v) is 3.96. The third kappa shape index (κ3) is 5.79. The second-order valence-corrected chi connectivity index (χ2v) is 8.53. The summed E-state index contributed by atoms with van der Waals surface area (Å²) in [7, 11) is 0. The van der Waals surface area contributed by atoms with Crippen molar-refractivity contribution in [1.82, 2.24) is 14.9 Å². The first kappa shape index (κ1) is 21.3. The molecule has 0 radical (unpaired) electrons. The minimum atomic E-state index is -0.588. The molecule has 9 nitrogen and oxygen atoms in total. The zero-order chi connectivity index (χ0) is 21.0. The number of likely N-dealkylation sites (tertiary alicyclic amines) is 1. The topological polar surface area (TPSA) is 133 Å². The summed E-state index contributed by atoms with van der Waals surface area (Å²) in [6.45, 7) is 5.54. The summed E-state index contributed by atoms with van der Waals surface area (Å²) in [6.07, 6.45) is 5.50. The Morgan fingerprint density at radius 2 is 1.93 bits per heavy atom. The van der Waals surface area contributed by atoms with Gasteiger partial charge >= 0.3 is 0 Å². The van der Waals surface area contributed by atoms with E-state index < -0.39 is 5.91 Å². The van der Waals surface area contributed by atoms with Crippen LogP contribution in [0.4, 0.5) is 11.8 Å². The lowest BCUT2D eigenvalue weighted by Gasteiger charge is -2.33. The number of nitrogens with one attached hydrogen (secondary N) is 2. The van der Waals surface area contributed by atoms with Crippen LogP contribution >= 0.6 is 0 Å². The average molecular weight is 405 g/mol. The number of primary amides is 1. The fraction of sp³-hybridized carbons (Fsp3) is 0.700. The molecular weight excluding hydrogens is 372 g/mol. The van der Waals surface area contributed by atoms with E-state index in [-0.39, 0.29) is 29.7 Å². The Morgan fingerprint density at radius 1 is 1.21 bits per heavy atom. The number of carbonyl (C=O) groups excluding carboxylic acids is 2. The highest BCUT2D eigenvalue weighted by atomic mass is 16.3. The minimum Gasteiger partial charge on any atom is -0.393 e. The van der Waals surface area contributed by atoms with E-state index in [9.17, 15) is 14.7 Å². The second kappa shape index (κ2) is 9.39. The van der Waals surface area contributed by atoms with Crippen LogP contribution in [0.15, 0.2) is 6.20 Å². The predicted octanol–water partition coefficient (Wildman–Crippen LogP) is 1.35. The molecule has 0 aromatic carbocycles. The Morgan fingerprint density at radius 3 is 2.52 bits per heavy atom. The van der Waals surface area contributed by atoms with Gasteiger partial charge < -0.3 is 26.4 Å². The molecule has 0 unspecified atom stereocenters. The van der Waals surface area contributed by atoms with Crippen molar-refractivity contribution in [3.8, 4) is 0 Å². The molecule has 0 spiro atoms. The molecule has 1 aliphatic carbocycles. The molecule has 1 aliphatic heterocycles. The quantitative estimate of drug-likeness (QED) is 0.539.